The van der Waals surface area contributed by atoms with Gasteiger partial charge < -0.3 is 9.64 Å². The second-order valence-electron chi connectivity index (χ2n) is 6.41. The maximum absolute atomic E-state index is 5.55. The molecular formula is C18H25NO. The highest BCUT2D eigenvalue weighted by atomic mass is 16.5. The van der Waals surface area contributed by atoms with Crippen LogP contribution < -0.4 is 0 Å². The first-order valence-corrected chi connectivity index (χ1v) is 7.78. The summed E-state index contributed by atoms with van der Waals surface area (Å²) in [6.07, 6.45) is 8.63. The lowest BCUT2D eigenvalue weighted by Gasteiger charge is -2.41. The average Bonchev–Trinajstić information content (AvgIpc) is 2.94. The average molecular weight is 271 g/mol. The van der Waals surface area contributed by atoms with Gasteiger partial charge in [-0.15, -0.1) is 0 Å². The number of methoxy groups -OCH3 is 1. The minimum Gasteiger partial charge on any atom is -0.381 e. The van der Waals surface area contributed by atoms with Crippen molar-refractivity contribution >= 4 is 6.08 Å². The SMILES string of the molecule is CO[C@@H]1CC[C@H](N2C=Cc3ccccc3C2C(C)C)C1. The van der Waals surface area contributed by atoms with Crippen molar-refractivity contribution in [2.24, 2.45) is 5.92 Å². The molecule has 1 aliphatic carbocycles. The third-order valence-electron chi connectivity index (χ3n) is 4.81. The molecule has 0 N–H and O–H groups in total. The fourth-order valence-corrected chi connectivity index (χ4v) is 3.81. The third-order valence-corrected chi connectivity index (χ3v) is 4.81. The summed E-state index contributed by atoms with van der Waals surface area (Å²) >= 11 is 0. The summed E-state index contributed by atoms with van der Waals surface area (Å²) in [5, 5.41) is 0. The van der Waals surface area contributed by atoms with Gasteiger partial charge in [0.1, 0.15) is 0 Å². The minimum atomic E-state index is 0.443. The lowest BCUT2D eigenvalue weighted by atomic mass is 9.87. The molecule has 3 rings (SSSR count). The second-order valence-corrected chi connectivity index (χ2v) is 6.41. The summed E-state index contributed by atoms with van der Waals surface area (Å²) in [6.45, 7) is 4.66. The van der Waals surface area contributed by atoms with Gasteiger partial charge in [-0.3, -0.25) is 0 Å². The zero-order chi connectivity index (χ0) is 14.1. The van der Waals surface area contributed by atoms with Gasteiger partial charge in [0.2, 0.25) is 0 Å². The summed E-state index contributed by atoms with van der Waals surface area (Å²) in [7, 11) is 1.84. The summed E-state index contributed by atoms with van der Waals surface area (Å²) < 4.78 is 5.55. The molecule has 2 heteroatoms. The van der Waals surface area contributed by atoms with Crippen LogP contribution in [0.4, 0.5) is 0 Å². The van der Waals surface area contributed by atoms with Crippen LogP contribution in [0.3, 0.4) is 0 Å². The Bertz CT molecular complexity index is 494. The molecule has 20 heavy (non-hydrogen) atoms. The van der Waals surface area contributed by atoms with Crippen molar-refractivity contribution in [2.45, 2.75) is 51.3 Å². The summed E-state index contributed by atoms with van der Waals surface area (Å²) in [5.74, 6) is 0.614. The molecule has 2 nitrogen and oxygen atoms in total. The van der Waals surface area contributed by atoms with Crippen molar-refractivity contribution in [1.82, 2.24) is 4.90 Å². The van der Waals surface area contributed by atoms with Gasteiger partial charge in [-0.05, 0) is 42.4 Å². The maximum Gasteiger partial charge on any atom is 0.0591 e. The number of hydrogen-bond acceptors (Lipinski definition) is 2. The predicted octanol–water partition coefficient (Wildman–Crippen LogP) is 4.24. The molecule has 1 aliphatic heterocycles. The molecule has 108 valence electrons. The van der Waals surface area contributed by atoms with E-state index in [1.165, 1.54) is 24.0 Å². The van der Waals surface area contributed by atoms with Crippen LogP contribution >= 0.6 is 0 Å². The number of fused-ring (bicyclic) bond motifs is 1. The molecule has 1 aromatic rings. The Labute approximate surface area is 122 Å². The monoisotopic (exact) mass is 271 g/mol. The van der Waals surface area contributed by atoms with E-state index in [1.54, 1.807) is 0 Å². The van der Waals surface area contributed by atoms with E-state index in [-0.39, 0.29) is 0 Å². The van der Waals surface area contributed by atoms with Crippen molar-refractivity contribution in [2.75, 3.05) is 7.11 Å². The molecule has 1 heterocycles. The molecular weight excluding hydrogens is 246 g/mol. The van der Waals surface area contributed by atoms with Gasteiger partial charge in [-0.25, -0.2) is 0 Å². The number of benzene rings is 1. The van der Waals surface area contributed by atoms with Crippen LogP contribution in [0.25, 0.3) is 6.08 Å². The first-order valence-electron chi connectivity index (χ1n) is 7.78. The third kappa shape index (κ3) is 2.37. The van der Waals surface area contributed by atoms with Gasteiger partial charge in [-0.2, -0.15) is 0 Å². The Morgan fingerprint density at radius 3 is 2.70 bits per heavy atom. The van der Waals surface area contributed by atoms with Gasteiger partial charge in [0.25, 0.3) is 0 Å². The topological polar surface area (TPSA) is 12.5 Å². The molecule has 1 saturated carbocycles. The van der Waals surface area contributed by atoms with E-state index >= 15 is 0 Å². The van der Waals surface area contributed by atoms with E-state index < -0.39 is 0 Å². The van der Waals surface area contributed by atoms with E-state index in [1.807, 2.05) is 7.11 Å². The van der Waals surface area contributed by atoms with Gasteiger partial charge in [0, 0.05) is 19.4 Å². The largest absolute Gasteiger partial charge is 0.381 e. The standard InChI is InChI=1S/C18H25NO/c1-13(2)18-17-7-5-4-6-14(17)10-11-19(18)15-8-9-16(12-15)20-3/h4-7,10-11,13,15-16,18H,8-9,12H2,1-3H3/t15-,16+,18?/m0/s1. The van der Waals surface area contributed by atoms with Crippen molar-refractivity contribution in [1.29, 1.82) is 0 Å². The van der Waals surface area contributed by atoms with E-state index in [4.69, 9.17) is 4.74 Å². The van der Waals surface area contributed by atoms with Crippen LogP contribution in [0.1, 0.15) is 50.3 Å². The van der Waals surface area contributed by atoms with Crippen LogP contribution in [-0.4, -0.2) is 24.2 Å². The molecule has 0 spiro atoms. The zero-order valence-corrected chi connectivity index (χ0v) is 12.8. The first kappa shape index (κ1) is 13.7. The second kappa shape index (κ2) is 5.61. The molecule has 0 amide bonds. The fraction of sp³-hybridized carbons (Fsp3) is 0.556. The number of rotatable bonds is 3. The molecule has 0 aromatic heterocycles. The smallest absolute Gasteiger partial charge is 0.0591 e. The Hall–Kier alpha value is -1.28. The number of nitrogens with zero attached hydrogens (tertiary/aromatic N) is 1. The minimum absolute atomic E-state index is 0.443. The van der Waals surface area contributed by atoms with Crippen LogP contribution in [-0.2, 0) is 4.74 Å². The van der Waals surface area contributed by atoms with E-state index in [9.17, 15) is 0 Å². The van der Waals surface area contributed by atoms with Gasteiger partial charge in [-0.1, -0.05) is 38.1 Å². The molecule has 1 fully saturated rings. The molecule has 0 bridgehead atoms. The summed E-state index contributed by atoms with van der Waals surface area (Å²) in [5.41, 5.74) is 2.86. The normalized spacial score (nSPS) is 29.0. The molecule has 1 unspecified atom stereocenters. The van der Waals surface area contributed by atoms with Gasteiger partial charge in [0.05, 0.1) is 12.1 Å². The molecule has 2 aliphatic rings. The quantitative estimate of drug-likeness (QED) is 0.815. The fourth-order valence-electron chi connectivity index (χ4n) is 3.81. The van der Waals surface area contributed by atoms with Crippen molar-refractivity contribution < 1.29 is 4.74 Å². The first-order chi connectivity index (χ1) is 9.70. The molecule has 0 radical (unpaired) electrons. The number of hydrogen-bond donors (Lipinski definition) is 0. The zero-order valence-electron chi connectivity index (χ0n) is 12.8. The van der Waals surface area contributed by atoms with Crippen molar-refractivity contribution in [3.05, 3.63) is 41.6 Å². The van der Waals surface area contributed by atoms with Gasteiger partial charge in [0.15, 0.2) is 0 Å². The van der Waals surface area contributed by atoms with Crippen LogP contribution in [0.2, 0.25) is 0 Å². The highest BCUT2D eigenvalue weighted by molar-refractivity contribution is 5.57. The lowest BCUT2D eigenvalue weighted by molar-refractivity contribution is 0.0930. The van der Waals surface area contributed by atoms with Crippen LogP contribution in [0.5, 0.6) is 0 Å². The Morgan fingerprint density at radius 2 is 2.00 bits per heavy atom. The summed E-state index contributed by atoms with van der Waals surface area (Å²) in [6, 6.07) is 9.93. The van der Waals surface area contributed by atoms with Crippen LogP contribution in [0, 0.1) is 5.92 Å². The Morgan fingerprint density at radius 1 is 1.20 bits per heavy atom. The summed E-state index contributed by atoms with van der Waals surface area (Å²) in [4.78, 5) is 2.59. The van der Waals surface area contributed by atoms with Gasteiger partial charge >= 0.3 is 0 Å². The maximum atomic E-state index is 5.55. The Balaban J connectivity index is 1.89. The van der Waals surface area contributed by atoms with E-state index in [0.717, 1.165) is 6.42 Å². The van der Waals surface area contributed by atoms with E-state index in [0.29, 0.717) is 24.1 Å². The van der Waals surface area contributed by atoms with E-state index in [2.05, 4.69) is 55.3 Å². The highest BCUT2D eigenvalue weighted by Gasteiger charge is 2.35. The van der Waals surface area contributed by atoms with Crippen molar-refractivity contribution in [3.63, 3.8) is 0 Å². The number of ether oxygens (including phenoxy) is 1. The Kier molecular flexibility index (Phi) is 3.84. The van der Waals surface area contributed by atoms with Crippen molar-refractivity contribution in [3.8, 4) is 0 Å². The van der Waals surface area contributed by atoms with Crippen LogP contribution in [0.15, 0.2) is 30.5 Å². The lowest BCUT2D eigenvalue weighted by Crippen LogP contribution is -2.37. The highest BCUT2D eigenvalue weighted by Crippen LogP contribution is 2.40. The predicted molar refractivity (Wildman–Crippen MR) is 83.3 cm³/mol. The molecule has 0 saturated heterocycles. The molecule has 3 atom stereocenters. The molecule has 1 aromatic carbocycles.